The van der Waals surface area contributed by atoms with Gasteiger partial charge in [0, 0.05) is 0 Å². The molecule has 0 aliphatic rings. The Morgan fingerprint density at radius 3 is 2.60 bits per heavy atom. The van der Waals surface area contributed by atoms with Crippen LogP contribution in [0.15, 0.2) is 0 Å². The van der Waals surface area contributed by atoms with E-state index in [1.165, 1.54) is 6.92 Å². The molecule has 15 heavy (non-hydrogen) atoms. The third-order valence-corrected chi connectivity index (χ3v) is 2.72. The predicted octanol–water partition coefficient (Wildman–Crippen LogP) is 0.237. The lowest BCUT2D eigenvalue weighted by Gasteiger charge is -2.07. The number of hydrogen-bond donors (Lipinski definition) is 3. The number of anilines is 1. The summed E-state index contributed by atoms with van der Waals surface area (Å²) in [4.78, 5) is 26.3. The van der Waals surface area contributed by atoms with Crippen LogP contribution in [0.1, 0.15) is 22.3 Å². The molecule has 1 atom stereocenters. The van der Waals surface area contributed by atoms with E-state index < -0.39 is 17.9 Å². The van der Waals surface area contributed by atoms with Crippen LogP contribution in [0, 0.1) is 6.92 Å². The van der Waals surface area contributed by atoms with Gasteiger partial charge in [-0.1, -0.05) is 11.3 Å². The first-order valence-electron chi connectivity index (χ1n) is 4.18. The van der Waals surface area contributed by atoms with E-state index in [0.717, 1.165) is 11.3 Å². The number of aliphatic carboxylic acids is 1. The fraction of sp³-hybridized carbons (Fsp3) is 0.375. The predicted molar refractivity (Wildman–Crippen MR) is 55.8 cm³/mol. The highest BCUT2D eigenvalue weighted by atomic mass is 32.1. The highest BCUT2D eigenvalue weighted by molar-refractivity contribution is 7.17. The second-order valence-electron chi connectivity index (χ2n) is 3.00. The molecule has 82 valence electrons. The maximum Gasteiger partial charge on any atom is 0.325 e. The number of hydrogen-bond acceptors (Lipinski definition) is 5. The molecule has 1 rings (SSSR count). The number of nitrogens with one attached hydrogen (secondary N) is 1. The summed E-state index contributed by atoms with van der Waals surface area (Å²) in [7, 11) is 0. The Kier molecular flexibility index (Phi) is 3.25. The average Bonchev–Trinajstić information content (AvgIpc) is 2.44. The van der Waals surface area contributed by atoms with Gasteiger partial charge in [0.2, 0.25) is 0 Å². The normalized spacial score (nSPS) is 12.1. The van der Waals surface area contributed by atoms with E-state index in [4.69, 9.17) is 10.8 Å². The summed E-state index contributed by atoms with van der Waals surface area (Å²) >= 11 is 1.04. The van der Waals surface area contributed by atoms with Crippen molar-refractivity contribution < 1.29 is 14.7 Å². The fourth-order valence-corrected chi connectivity index (χ4v) is 1.69. The minimum absolute atomic E-state index is 0.292. The molecule has 0 saturated heterocycles. The Morgan fingerprint density at radius 1 is 1.60 bits per heavy atom. The first-order chi connectivity index (χ1) is 6.91. The molecule has 0 fully saturated rings. The van der Waals surface area contributed by atoms with Gasteiger partial charge in [-0.05, 0) is 13.8 Å². The van der Waals surface area contributed by atoms with E-state index in [9.17, 15) is 9.59 Å². The minimum Gasteiger partial charge on any atom is -0.480 e. The summed E-state index contributed by atoms with van der Waals surface area (Å²) in [6.07, 6.45) is 0. The summed E-state index contributed by atoms with van der Waals surface area (Å²) in [6.45, 7) is 3.03. The number of rotatable bonds is 3. The van der Waals surface area contributed by atoms with Crippen molar-refractivity contribution in [3.8, 4) is 0 Å². The van der Waals surface area contributed by atoms with E-state index in [2.05, 4.69) is 10.3 Å². The third-order valence-electron chi connectivity index (χ3n) is 1.74. The van der Waals surface area contributed by atoms with Crippen molar-refractivity contribution in [3.05, 3.63) is 10.6 Å². The minimum atomic E-state index is -1.08. The van der Waals surface area contributed by atoms with Gasteiger partial charge in [0.1, 0.15) is 10.9 Å². The van der Waals surface area contributed by atoms with Crippen molar-refractivity contribution in [2.75, 3.05) is 5.73 Å². The van der Waals surface area contributed by atoms with E-state index in [1.54, 1.807) is 6.92 Å². The number of carbonyl (C=O) groups is 2. The summed E-state index contributed by atoms with van der Waals surface area (Å²) in [6, 6.07) is -0.930. The zero-order chi connectivity index (χ0) is 11.6. The lowest BCUT2D eigenvalue weighted by Crippen LogP contribution is -2.38. The summed E-state index contributed by atoms with van der Waals surface area (Å²) < 4.78 is 0. The molecule has 4 N–H and O–H groups in total. The zero-order valence-corrected chi connectivity index (χ0v) is 9.09. The SMILES string of the molecule is Cc1nc(N)sc1C(=O)N[C@H](C)C(=O)O. The van der Waals surface area contributed by atoms with Gasteiger partial charge in [0.05, 0.1) is 5.69 Å². The number of carboxylic acids is 1. The average molecular weight is 229 g/mol. The molecule has 7 heteroatoms. The van der Waals surface area contributed by atoms with Crippen LogP contribution in [-0.4, -0.2) is 28.0 Å². The zero-order valence-electron chi connectivity index (χ0n) is 8.27. The topological polar surface area (TPSA) is 105 Å². The van der Waals surface area contributed by atoms with Crippen LogP contribution < -0.4 is 11.1 Å². The second kappa shape index (κ2) is 4.26. The van der Waals surface area contributed by atoms with Crippen LogP contribution in [0.4, 0.5) is 5.13 Å². The van der Waals surface area contributed by atoms with E-state index in [1.807, 2.05) is 0 Å². The number of aryl methyl sites for hydroxylation is 1. The molecule has 0 unspecified atom stereocenters. The third kappa shape index (κ3) is 2.66. The lowest BCUT2D eigenvalue weighted by atomic mass is 10.3. The van der Waals surface area contributed by atoms with Gasteiger partial charge in [-0.25, -0.2) is 4.98 Å². The summed E-state index contributed by atoms with van der Waals surface area (Å²) in [5.41, 5.74) is 5.93. The molecular formula is C8H11N3O3S. The second-order valence-corrected chi connectivity index (χ2v) is 4.03. The largest absolute Gasteiger partial charge is 0.480 e. The molecule has 1 aromatic heterocycles. The Morgan fingerprint density at radius 2 is 2.20 bits per heavy atom. The molecule has 0 saturated carbocycles. The maximum atomic E-state index is 11.5. The van der Waals surface area contributed by atoms with Crippen LogP contribution >= 0.6 is 11.3 Å². The molecule has 1 amide bonds. The van der Waals surface area contributed by atoms with Crippen LogP contribution in [0.3, 0.4) is 0 Å². The Labute approximate surface area is 90.1 Å². The Hall–Kier alpha value is -1.63. The fourth-order valence-electron chi connectivity index (χ4n) is 0.952. The number of carboxylic acid groups (broad SMARTS) is 1. The van der Waals surface area contributed by atoms with Gasteiger partial charge in [0.15, 0.2) is 5.13 Å². The van der Waals surface area contributed by atoms with E-state index in [0.29, 0.717) is 15.7 Å². The van der Waals surface area contributed by atoms with Crippen molar-refractivity contribution in [2.24, 2.45) is 0 Å². The summed E-state index contributed by atoms with van der Waals surface area (Å²) in [5, 5.41) is 11.2. The van der Waals surface area contributed by atoms with E-state index in [-0.39, 0.29) is 0 Å². The number of amides is 1. The van der Waals surface area contributed by atoms with Gasteiger partial charge in [-0.2, -0.15) is 0 Å². The van der Waals surface area contributed by atoms with Crippen LogP contribution in [0.5, 0.6) is 0 Å². The monoisotopic (exact) mass is 229 g/mol. The van der Waals surface area contributed by atoms with Crippen LogP contribution in [0.25, 0.3) is 0 Å². The van der Waals surface area contributed by atoms with Crippen molar-refractivity contribution in [2.45, 2.75) is 19.9 Å². The summed E-state index contributed by atoms with van der Waals surface area (Å²) in [5.74, 6) is -1.55. The molecule has 0 bridgehead atoms. The van der Waals surface area contributed by atoms with Gasteiger partial charge in [0.25, 0.3) is 5.91 Å². The number of aromatic nitrogens is 1. The van der Waals surface area contributed by atoms with Crippen LogP contribution in [0.2, 0.25) is 0 Å². The number of thiazole rings is 1. The van der Waals surface area contributed by atoms with Gasteiger partial charge in [-0.3, -0.25) is 9.59 Å². The Bertz CT molecular complexity index is 402. The quantitative estimate of drug-likeness (QED) is 0.688. The highest BCUT2D eigenvalue weighted by Gasteiger charge is 2.19. The Balaban J connectivity index is 2.77. The molecular weight excluding hydrogens is 218 g/mol. The number of nitrogens with zero attached hydrogens (tertiary/aromatic N) is 1. The number of carbonyl (C=O) groups excluding carboxylic acids is 1. The molecule has 1 aromatic rings. The molecule has 0 aliphatic heterocycles. The number of nitrogens with two attached hydrogens (primary N) is 1. The van der Waals surface area contributed by atoms with Crippen molar-refractivity contribution >= 4 is 28.3 Å². The van der Waals surface area contributed by atoms with Crippen molar-refractivity contribution in [1.29, 1.82) is 0 Å². The number of nitrogen functional groups attached to an aromatic ring is 1. The lowest BCUT2D eigenvalue weighted by molar-refractivity contribution is -0.138. The maximum absolute atomic E-state index is 11.5. The molecule has 0 radical (unpaired) electrons. The van der Waals surface area contributed by atoms with Crippen molar-refractivity contribution in [1.82, 2.24) is 10.3 Å². The molecule has 0 aromatic carbocycles. The van der Waals surface area contributed by atoms with Gasteiger partial charge in [-0.15, -0.1) is 0 Å². The first-order valence-corrected chi connectivity index (χ1v) is 5.00. The van der Waals surface area contributed by atoms with Crippen molar-refractivity contribution in [3.63, 3.8) is 0 Å². The molecule has 6 nitrogen and oxygen atoms in total. The molecule has 0 aliphatic carbocycles. The van der Waals surface area contributed by atoms with Gasteiger partial charge < -0.3 is 16.2 Å². The highest BCUT2D eigenvalue weighted by Crippen LogP contribution is 2.19. The van der Waals surface area contributed by atoms with Gasteiger partial charge >= 0.3 is 5.97 Å². The first kappa shape index (κ1) is 11.4. The standard InChI is InChI=1S/C8H11N3O3S/c1-3-5(15-8(9)11-3)6(12)10-4(2)7(13)14/h4H,1-2H3,(H2,9,11)(H,10,12)(H,13,14)/t4-/m1/s1. The van der Waals surface area contributed by atoms with E-state index >= 15 is 0 Å². The van der Waals surface area contributed by atoms with Crippen LogP contribution in [-0.2, 0) is 4.79 Å². The molecule has 0 spiro atoms. The molecule has 1 heterocycles. The smallest absolute Gasteiger partial charge is 0.325 e.